The number of aromatic hydroxyl groups is 1. The third kappa shape index (κ3) is 3.12. The van der Waals surface area contributed by atoms with Crippen LogP contribution in [-0.4, -0.2) is 29.5 Å². The highest BCUT2D eigenvalue weighted by atomic mass is 16.5. The van der Waals surface area contributed by atoms with Crippen LogP contribution in [0.15, 0.2) is 42.5 Å². The number of phenols is 1. The predicted molar refractivity (Wildman–Crippen MR) is 118 cm³/mol. The summed E-state index contributed by atoms with van der Waals surface area (Å²) in [7, 11) is 1.74. The highest BCUT2D eigenvalue weighted by Gasteiger charge is 2.57. The Morgan fingerprint density at radius 3 is 2.80 bits per heavy atom. The fourth-order valence-electron chi connectivity index (χ4n) is 6.80. The summed E-state index contributed by atoms with van der Waals surface area (Å²) in [6.45, 7) is 2.90. The zero-order chi connectivity index (χ0) is 20.9. The molecule has 5 rings (SSSR count). The van der Waals surface area contributed by atoms with Crippen molar-refractivity contribution in [2.45, 2.75) is 63.6 Å². The van der Waals surface area contributed by atoms with Crippen molar-refractivity contribution in [3.8, 4) is 11.5 Å². The van der Waals surface area contributed by atoms with Crippen molar-refractivity contribution >= 4 is 0 Å². The summed E-state index contributed by atoms with van der Waals surface area (Å²) in [6, 6.07) is 14.2. The lowest BCUT2D eigenvalue weighted by molar-refractivity contribution is -0.0281. The largest absolute Gasteiger partial charge is 0.508 e. The maximum atomic E-state index is 11.3. The van der Waals surface area contributed by atoms with Crippen molar-refractivity contribution in [3.05, 3.63) is 59.2 Å². The first-order chi connectivity index (χ1) is 14.5. The number of benzene rings is 2. The van der Waals surface area contributed by atoms with Gasteiger partial charge in [0, 0.05) is 18.2 Å². The molecule has 0 amide bonds. The average molecular weight is 408 g/mol. The zero-order valence-electron chi connectivity index (χ0n) is 18.0. The van der Waals surface area contributed by atoms with Gasteiger partial charge < -0.3 is 20.3 Å². The first-order valence-electron chi connectivity index (χ1n) is 11.4. The minimum Gasteiger partial charge on any atom is -0.508 e. The molecule has 0 radical (unpaired) electrons. The quantitative estimate of drug-likeness (QED) is 0.704. The normalized spacial score (nSPS) is 34.7. The molecule has 4 nitrogen and oxygen atoms in total. The number of aliphatic hydroxyl groups is 1. The minimum atomic E-state index is -0.341. The van der Waals surface area contributed by atoms with Gasteiger partial charge in [-0.25, -0.2) is 0 Å². The molecule has 2 saturated carbocycles. The van der Waals surface area contributed by atoms with Gasteiger partial charge >= 0.3 is 0 Å². The fourth-order valence-corrected chi connectivity index (χ4v) is 6.80. The molecule has 3 unspecified atom stereocenters. The summed E-state index contributed by atoms with van der Waals surface area (Å²) < 4.78 is 5.44. The molecular formula is C26H33NO3. The second-order valence-corrected chi connectivity index (χ2v) is 9.82. The standard InChI is InChI=1S/C26H33NO3/c1-26-12-11-20-19-10-8-18(30-2)13-16(19)7-9-21(20)22(26)14-23(25(26)29)27-15-17-5-3-4-6-24(17)28/h3-6,8,10,13,20-23,25,27-29H,7,9,11-12,14-15H2,1-2H3/t20?,21?,22?,23-,25+,26-/m0/s1. The van der Waals surface area contributed by atoms with E-state index in [0.29, 0.717) is 30.0 Å². The van der Waals surface area contributed by atoms with E-state index in [4.69, 9.17) is 4.74 Å². The smallest absolute Gasteiger partial charge is 0.120 e. The lowest BCUT2D eigenvalue weighted by atomic mass is 9.55. The summed E-state index contributed by atoms with van der Waals surface area (Å²) in [5.41, 5.74) is 3.82. The number of ether oxygens (including phenoxy) is 1. The van der Waals surface area contributed by atoms with Crippen molar-refractivity contribution < 1.29 is 14.9 Å². The predicted octanol–water partition coefficient (Wildman–Crippen LogP) is 4.39. The second-order valence-electron chi connectivity index (χ2n) is 9.82. The fraction of sp³-hybridized carbons (Fsp3) is 0.538. The molecule has 4 heteroatoms. The van der Waals surface area contributed by atoms with E-state index in [1.807, 2.05) is 18.2 Å². The van der Waals surface area contributed by atoms with E-state index >= 15 is 0 Å². The molecule has 0 saturated heterocycles. The molecule has 2 aromatic carbocycles. The maximum Gasteiger partial charge on any atom is 0.120 e. The van der Waals surface area contributed by atoms with Crippen LogP contribution in [0.5, 0.6) is 11.5 Å². The molecule has 160 valence electrons. The van der Waals surface area contributed by atoms with Gasteiger partial charge in [0.15, 0.2) is 0 Å². The Kier molecular flexibility index (Phi) is 5.03. The molecule has 0 aliphatic heterocycles. The minimum absolute atomic E-state index is 0.0263. The number of rotatable bonds is 4. The van der Waals surface area contributed by atoms with Crippen molar-refractivity contribution in [3.63, 3.8) is 0 Å². The number of hydrogen-bond acceptors (Lipinski definition) is 4. The Bertz CT molecular complexity index is 928. The zero-order valence-corrected chi connectivity index (χ0v) is 18.0. The molecular weight excluding hydrogens is 374 g/mol. The van der Waals surface area contributed by atoms with Crippen molar-refractivity contribution in [1.29, 1.82) is 0 Å². The average Bonchev–Trinajstić information content (AvgIpc) is 3.03. The van der Waals surface area contributed by atoms with Gasteiger partial charge in [-0.05, 0) is 84.6 Å². The first-order valence-corrected chi connectivity index (χ1v) is 11.4. The third-order valence-electron chi connectivity index (χ3n) is 8.48. The van der Waals surface area contributed by atoms with Crippen molar-refractivity contribution in [2.75, 3.05) is 7.11 Å². The number of para-hydroxylation sites is 1. The lowest BCUT2D eigenvalue weighted by Gasteiger charge is -2.50. The van der Waals surface area contributed by atoms with Gasteiger partial charge in [0.05, 0.1) is 13.2 Å². The van der Waals surface area contributed by atoms with Gasteiger partial charge in [-0.15, -0.1) is 0 Å². The van der Waals surface area contributed by atoms with Crippen molar-refractivity contribution in [1.82, 2.24) is 5.32 Å². The molecule has 6 atom stereocenters. The van der Waals surface area contributed by atoms with Crippen LogP contribution in [0.2, 0.25) is 0 Å². The highest BCUT2D eigenvalue weighted by Crippen LogP contribution is 2.61. The summed E-state index contributed by atoms with van der Waals surface area (Å²) in [5.74, 6) is 3.04. The molecule has 30 heavy (non-hydrogen) atoms. The number of fused-ring (bicyclic) bond motifs is 5. The molecule has 2 fully saturated rings. The van der Waals surface area contributed by atoms with Gasteiger partial charge in [-0.3, -0.25) is 0 Å². The summed E-state index contributed by atoms with van der Waals surface area (Å²) in [5, 5.41) is 25.0. The van der Waals surface area contributed by atoms with Gasteiger partial charge in [-0.2, -0.15) is 0 Å². The topological polar surface area (TPSA) is 61.7 Å². The summed E-state index contributed by atoms with van der Waals surface area (Å²) >= 11 is 0. The Balaban J connectivity index is 1.35. The van der Waals surface area contributed by atoms with Crippen LogP contribution in [0.25, 0.3) is 0 Å². The number of aliphatic hydroxyl groups excluding tert-OH is 1. The first kappa shape index (κ1) is 19.9. The Morgan fingerprint density at radius 1 is 1.17 bits per heavy atom. The molecule has 3 aliphatic rings. The van der Waals surface area contributed by atoms with E-state index in [1.54, 1.807) is 13.2 Å². The third-order valence-corrected chi connectivity index (χ3v) is 8.48. The monoisotopic (exact) mass is 407 g/mol. The van der Waals surface area contributed by atoms with Crippen LogP contribution in [-0.2, 0) is 13.0 Å². The molecule has 0 aromatic heterocycles. The van der Waals surface area contributed by atoms with E-state index < -0.39 is 0 Å². The SMILES string of the molecule is COc1ccc2c(c1)CCC1C2CC[C@@]2(C)C1C[C@H](NCc1ccccc1O)[C@H]2O. The number of hydrogen-bond donors (Lipinski definition) is 3. The Labute approximate surface area is 179 Å². The van der Waals surface area contributed by atoms with E-state index in [2.05, 4.69) is 30.4 Å². The molecule has 0 spiro atoms. The summed E-state index contributed by atoms with van der Waals surface area (Å²) in [6.07, 6.45) is 5.20. The van der Waals surface area contributed by atoms with Crippen LogP contribution in [0.4, 0.5) is 0 Å². The molecule has 3 aliphatic carbocycles. The number of phenolic OH excluding ortho intramolecular Hbond substituents is 1. The lowest BCUT2D eigenvalue weighted by Crippen LogP contribution is -2.46. The van der Waals surface area contributed by atoms with E-state index in [0.717, 1.165) is 37.0 Å². The van der Waals surface area contributed by atoms with Gasteiger partial charge in [0.25, 0.3) is 0 Å². The van der Waals surface area contributed by atoms with Crippen molar-refractivity contribution in [2.24, 2.45) is 17.3 Å². The summed E-state index contributed by atoms with van der Waals surface area (Å²) in [4.78, 5) is 0. The Morgan fingerprint density at radius 2 is 2.00 bits per heavy atom. The van der Waals surface area contributed by atoms with Crippen LogP contribution in [0.1, 0.15) is 55.2 Å². The number of methoxy groups -OCH3 is 1. The molecule has 0 heterocycles. The van der Waals surface area contributed by atoms with E-state index in [9.17, 15) is 10.2 Å². The van der Waals surface area contributed by atoms with Crippen LogP contribution in [0, 0.1) is 17.3 Å². The van der Waals surface area contributed by atoms with Crippen LogP contribution >= 0.6 is 0 Å². The highest BCUT2D eigenvalue weighted by molar-refractivity contribution is 5.41. The van der Waals surface area contributed by atoms with Crippen LogP contribution in [0.3, 0.4) is 0 Å². The number of nitrogens with one attached hydrogen (secondary N) is 1. The van der Waals surface area contributed by atoms with Gasteiger partial charge in [-0.1, -0.05) is 31.2 Å². The maximum absolute atomic E-state index is 11.3. The van der Waals surface area contributed by atoms with Crippen LogP contribution < -0.4 is 10.1 Å². The van der Waals surface area contributed by atoms with Gasteiger partial charge in [0.1, 0.15) is 11.5 Å². The Hall–Kier alpha value is -2.04. The molecule has 2 aromatic rings. The second kappa shape index (κ2) is 7.58. The van der Waals surface area contributed by atoms with Gasteiger partial charge in [0.2, 0.25) is 0 Å². The van der Waals surface area contributed by atoms with E-state index in [1.165, 1.54) is 17.5 Å². The molecule has 0 bridgehead atoms. The molecule has 3 N–H and O–H groups in total. The number of aryl methyl sites for hydroxylation is 1. The van der Waals surface area contributed by atoms with E-state index in [-0.39, 0.29) is 17.6 Å².